The number of hydrogen-bond acceptors (Lipinski definition) is 3. The zero-order valence-corrected chi connectivity index (χ0v) is 11.6. The molecule has 0 radical (unpaired) electrons. The van der Waals surface area contributed by atoms with Crippen molar-refractivity contribution in [3.63, 3.8) is 0 Å². The second-order valence-electron chi connectivity index (χ2n) is 5.79. The van der Waals surface area contributed by atoms with E-state index in [0.29, 0.717) is 6.54 Å². The molecule has 1 aromatic heterocycles. The number of aliphatic hydroxyl groups excluding tert-OH is 1. The molecule has 3 nitrogen and oxygen atoms in total. The third kappa shape index (κ3) is 4.17. The largest absolute Gasteiger partial charge is 0.465 e. The number of nitrogens with one attached hydrogen (secondary N) is 1. The molecule has 0 bridgehead atoms. The van der Waals surface area contributed by atoms with E-state index < -0.39 is 0 Å². The molecule has 1 rings (SSSR count). The Labute approximate surface area is 104 Å². The lowest BCUT2D eigenvalue weighted by molar-refractivity contribution is 0.0132. The third-order valence-corrected chi connectivity index (χ3v) is 3.11. The first-order valence-electron chi connectivity index (χ1n) is 6.27. The van der Waals surface area contributed by atoms with Crippen LogP contribution in [0.25, 0.3) is 0 Å². The standard InChI is InChI=1S/C14H25NO2/c1-10(2)13(16)14(4,5)9-15-8-12-7-6-11(3)17-12/h6-7,10,13,15-16H,8-9H2,1-5H3. The van der Waals surface area contributed by atoms with Crippen molar-refractivity contribution in [1.82, 2.24) is 5.32 Å². The Morgan fingerprint density at radius 1 is 1.35 bits per heavy atom. The fraction of sp³-hybridized carbons (Fsp3) is 0.714. The maximum Gasteiger partial charge on any atom is 0.117 e. The Morgan fingerprint density at radius 3 is 2.47 bits per heavy atom. The zero-order chi connectivity index (χ0) is 13.1. The molecule has 1 unspecified atom stereocenters. The molecule has 3 heteroatoms. The summed E-state index contributed by atoms with van der Waals surface area (Å²) in [6.07, 6.45) is -0.298. The maximum absolute atomic E-state index is 10.1. The predicted octanol–water partition coefficient (Wildman–Crippen LogP) is 2.72. The topological polar surface area (TPSA) is 45.4 Å². The molecule has 0 saturated carbocycles. The van der Waals surface area contributed by atoms with Gasteiger partial charge in [-0.1, -0.05) is 27.7 Å². The van der Waals surface area contributed by atoms with Gasteiger partial charge >= 0.3 is 0 Å². The van der Waals surface area contributed by atoms with Crippen LogP contribution < -0.4 is 5.32 Å². The van der Waals surface area contributed by atoms with Crippen LogP contribution in [0.5, 0.6) is 0 Å². The van der Waals surface area contributed by atoms with Crippen LogP contribution in [0.2, 0.25) is 0 Å². The van der Waals surface area contributed by atoms with Crippen molar-refractivity contribution in [2.45, 2.75) is 47.3 Å². The van der Waals surface area contributed by atoms with Gasteiger partial charge in [-0.15, -0.1) is 0 Å². The molecule has 17 heavy (non-hydrogen) atoms. The minimum absolute atomic E-state index is 0.129. The molecule has 1 atom stereocenters. The highest BCUT2D eigenvalue weighted by Gasteiger charge is 2.29. The highest BCUT2D eigenvalue weighted by atomic mass is 16.3. The van der Waals surface area contributed by atoms with Gasteiger partial charge in [0.15, 0.2) is 0 Å². The van der Waals surface area contributed by atoms with Crippen molar-refractivity contribution in [1.29, 1.82) is 0 Å². The lowest BCUT2D eigenvalue weighted by atomic mass is 9.81. The van der Waals surface area contributed by atoms with Crippen molar-refractivity contribution < 1.29 is 9.52 Å². The number of furan rings is 1. The Bertz CT molecular complexity index is 342. The summed E-state index contributed by atoms with van der Waals surface area (Å²) in [7, 11) is 0. The predicted molar refractivity (Wildman–Crippen MR) is 69.8 cm³/mol. The van der Waals surface area contributed by atoms with Gasteiger partial charge in [0.2, 0.25) is 0 Å². The van der Waals surface area contributed by atoms with E-state index in [9.17, 15) is 5.11 Å². The summed E-state index contributed by atoms with van der Waals surface area (Å²) < 4.78 is 5.48. The van der Waals surface area contributed by atoms with E-state index in [1.807, 2.05) is 32.9 Å². The lowest BCUT2D eigenvalue weighted by Crippen LogP contribution is -2.41. The molecular weight excluding hydrogens is 214 g/mol. The molecule has 0 spiro atoms. The number of rotatable bonds is 6. The third-order valence-electron chi connectivity index (χ3n) is 3.11. The maximum atomic E-state index is 10.1. The molecule has 0 aliphatic carbocycles. The van der Waals surface area contributed by atoms with Gasteiger partial charge in [-0.2, -0.15) is 0 Å². The van der Waals surface area contributed by atoms with Crippen LogP contribution in [0.15, 0.2) is 16.5 Å². The van der Waals surface area contributed by atoms with Crippen molar-refractivity contribution in [3.8, 4) is 0 Å². The SMILES string of the molecule is Cc1ccc(CNCC(C)(C)C(O)C(C)C)o1. The Balaban J connectivity index is 2.39. The lowest BCUT2D eigenvalue weighted by Gasteiger charge is -2.33. The minimum atomic E-state index is -0.298. The van der Waals surface area contributed by atoms with Crippen molar-refractivity contribution in [2.75, 3.05) is 6.54 Å². The molecule has 0 aliphatic rings. The minimum Gasteiger partial charge on any atom is -0.465 e. The Kier molecular flexibility index (Phi) is 4.78. The summed E-state index contributed by atoms with van der Waals surface area (Å²) in [5.41, 5.74) is -0.129. The number of aryl methyl sites for hydroxylation is 1. The van der Waals surface area contributed by atoms with E-state index in [1.54, 1.807) is 0 Å². The average Bonchev–Trinajstić information content (AvgIpc) is 2.62. The quantitative estimate of drug-likeness (QED) is 0.802. The summed E-state index contributed by atoms with van der Waals surface area (Å²) in [4.78, 5) is 0. The van der Waals surface area contributed by atoms with Gasteiger partial charge in [0, 0.05) is 12.0 Å². The Hall–Kier alpha value is -0.800. The van der Waals surface area contributed by atoms with Gasteiger partial charge in [-0.25, -0.2) is 0 Å². The molecule has 2 N–H and O–H groups in total. The van der Waals surface area contributed by atoms with E-state index in [-0.39, 0.29) is 17.4 Å². The summed E-state index contributed by atoms with van der Waals surface area (Å²) >= 11 is 0. The monoisotopic (exact) mass is 239 g/mol. The molecule has 98 valence electrons. The van der Waals surface area contributed by atoms with Gasteiger partial charge in [0.1, 0.15) is 11.5 Å². The van der Waals surface area contributed by atoms with Crippen LogP contribution in [-0.2, 0) is 6.54 Å². The van der Waals surface area contributed by atoms with Gasteiger partial charge in [0.05, 0.1) is 12.6 Å². The van der Waals surface area contributed by atoms with Crippen molar-refractivity contribution in [2.24, 2.45) is 11.3 Å². The normalized spacial score (nSPS) is 14.3. The molecular formula is C14H25NO2. The highest BCUT2D eigenvalue weighted by molar-refractivity contribution is 5.05. The number of aliphatic hydroxyl groups is 1. The van der Waals surface area contributed by atoms with Crippen molar-refractivity contribution >= 4 is 0 Å². The summed E-state index contributed by atoms with van der Waals surface area (Å²) in [6.45, 7) is 11.7. The van der Waals surface area contributed by atoms with Crippen LogP contribution in [0.1, 0.15) is 39.2 Å². The molecule has 0 aromatic carbocycles. The van der Waals surface area contributed by atoms with Crippen LogP contribution in [0.4, 0.5) is 0 Å². The van der Waals surface area contributed by atoms with E-state index in [1.165, 1.54) is 0 Å². The fourth-order valence-corrected chi connectivity index (χ4v) is 2.09. The van der Waals surface area contributed by atoms with E-state index >= 15 is 0 Å². The summed E-state index contributed by atoms with van der Waals surface area (Å²) in [6, 6.07) is 3.94. The van der Waals surface area contributed by atoms with Crippen LogP contribution >= 0.6 is 0 Å². The summed E-state index contributed by atoms with van der Waals surface area (Å²) in [5, 5.41) is 13.4. The van der Waals surface area contributed by atoms with E-state index in [0.717, 1.165) is 18.1 Å². The average molecular weight is 239 g/mol. The van der Waals surface area contributed by atoms with Crippen LogP contribution in [0.3, 0.4) is 0 Å². The second kappa shape index (κ2) is 5.69. The molecule has 1 heterocycles. The molecule has 1 aromatic rings. The van der Waals surface area contributed by atoms with Gasteiger partial charge < -0.3 is 14.8 Å². The second-order valence-corrected chi connectivity index (χ2v) is 5.79. The number of hydrogen-bond donors (Lipinski definition) is 2. The summed E-state index contributed by atoms with van der Waals surface area (Å²) in [5.74, 6) is 2.15. The first-order chi connectivity index (χ1) is 7.83. The highest BCUT2D eigenvalue weighted by Crippen LogP contribution is 2.25. The first kappa shape index (κ1) is 14.3. The van der Waals surface area contributed by atoms with Crippen LogP contribution in [-0.4, -0.2) is 17.8 Å². The van der Waals surface area contributed by atoms with Gasteiger partial charge in [-0.05, 0) is 25.0 Å². The molecule has 0 amide bonds. The van der Waals surface area contributed by atoms with Crippen LogP contribution in [0, 0.1) is 18.3 Å². The zero-order valence-electron chi connectivity index (χ0n) is 11.6. The molecule has 0 saturated heterocycles. The fourth-order valence-electron chi connectivity index (χ4n) is 2.09. The first-order valence-corrected chi connectivity index (χ1v) is 6.27. The molecule has 0 fully saturated rings. The van der Waals surface area contributed by atoms with Crippen molar-refractivity contribution in [3.05, 3.63) is 23.7 Å². The molecule has 0 aliphatic heterocycles. The Morgan fingerprint density at radius 2 is 2.00 bits per heavy atom. The smallest absolute Gasteiger partial charge is 0.117 e. The van der Waals surface area contributed by atoms with E-state index in [2.05, 4.69) is 19.2 Å². The van der Waals surface area contributed by atoms with Gasteiger partial charge in [-0.3, -0.25) is 0 Å². The van der Waals surface area contributed by atoms with Gasteiger partial charge in [0.25, 0.3) is 0 Å². The van der Waals surface area contributed by atoms with E-state index in [4.69, 9.17) is 4.42 Å².